The number of rotatable bonds is 7. The second-order valence-electron chi connectivity index (χ2n) is 7.71. The molecule has 0 amide bonds. The number of hydrogen-bond acceptors (Lipinski definition) is 4. The first-order chi connectivity index (χ1) is 12.9. The first kappa shape index (κ1) is 17.6. The van der Waals surface area contributed by atoms with Gasteiger partial charge in [0.2, 0.25) is 0 Å². The molecule has 0 unspecified atom stereocenters. The Morgan fingerprint density at radius 1 is 1.04 bits per heavy atom. The number of nitrogens with one attached hydrogen (secondary N) is 1. The molecular formula is C22H29N3O. The van der Waals surface area contributed by atoms with Gasteiger partial charge in [0.15, 0.2) is 0 Å². The molecule has 2 fully saturated rings. The molecule has 1 heterocycles. The molecular weight excluding hydrogens is 322 g/mol. The van der Waals surface area contributed by atoms with E-state index in [1.165, 1.54) is 31.2 Å². The quantitative estimate of drug-likeness (QED) is 0.826. The number of methoxy groups -OCH3 is 1. The lowest BCUT2D eigenvalue weighted by Crippen LogP contribution is -2.57. The van der Waals surface area contributed by atoms with Crippen molar-refractivity contribution in [3.05, 3.63) is 59.7 Å². The van der Waals surface area contributed by atoms with Crippen molar-refractivity contribution in [2.75, 3.05) is 13.7 Å². The van der Waals surface area contributed by atoms with E-state index >= 15 is 0 Å². The zero-order valence-corrected chi connectivity index (χ0v) is 15.6. The second kappa shape index (κ2) is 8.28. The van der Waals surface area contributed by atoms with E-state index < -0.39 is 0 Å². The maximum atomic E-state index is 5.09. The maximum Gasteiger partial charge on any atom is 0.130 e. The van der Waals surface area contributed by atoms with Crippen LogP contribution < -0.4 is 5.32 Å². The fourth-order valence-electron chi connectivity index (χ4n) is 4.91. The summed E-state index contributed by atoms with van der Waals surface area (Å²) in [6.07, 6.45) is 10.2. The Morgan fingerprint density at radius 2 is 1.77 bits per heavy atom. The van der Waals surface area contributed by atoms with Crippen LogP contribution in [-0.2, 0) is 17.7 Å². The van der Waals surface area contributed by atoms with Gasteiger partial charge in [0, 0.05) is 50.0 Å². The minimum Gasteiger partial charge on any atom is -0.384 e. The van der Waals surface area contributed by atoms with Gasteiger partial charge in [-0.05, 0) is 30.2 Å². The van der Waals surface area contributed by atoms with Crippen LogP contribution in [0.15, 0.2) is 42.7 Å². The highest BCUT2D eigenvalue weighted by Gasteiger charge is 2.50. The first-order valence-electron chi connectivity index (χ1n) is 9.94. The van der Waals surface area contributed by atoms with Gasteiger partial charge in [-0.15, -0.1) is 0 Å². The average molecular weight is 351 g/mol. The van der Waals surface area contributed by atoms with Crippen molar-refractivity contribution in [3.8, 4) is 0 Å². The fraction of sp³-hybridized carbons (Fsp3) is 0.545. The number of fused-ring (bicyclic) bond motifs is 1. The van der Waals surface area contributed by atoms with E-state index in [-0.39, 0.29) is 0 Å². The van der Waals surface area contributed by atoms with Gasteiger partial charge < -0.3 is 10.1 Å². The van der Waals surface area contributed by atoms with E-state index in [0.29, 0.717) is 18.6 Å². The zero-order valence-electron chi connectivity index (χ0n) is 15.6. The van der Waals surface area contributed by atoms with Crippen LogP contribution >= 0.6 is 0 Å². The van der Waals surface area contributed by atoms with Crippen molar-refractivity contribution in [1.29, 1.82) is 0 Å². The second-order valence-corrected chi connectivity index (χ2v) is 7.71. The first-order valence-corrected chi connectivity index (χ1v) is 9.94. The number of aromatic nitrogens is 2. The van der Waals surface area contributed by atoms with Crippen molar-refractivity contribution in [2.24, 2.45) is 11.8 Å². The van der Waals surface area contributed by atoms with E-state index in [1.807, 2.05) is 12.4 Å². The number of benzene rings is 1. The molecule has 2 saturated carbocycles. The van der Waals surface area contributed by atoms with Gasteiger partial charge >= 0.3 is 0 Å². The minimum absolute atomic E-state index is 0.580. The molecule has 2 aliphatic carbocycles. The topological polar surface area (TPSA) is 47.0 Å². The fourth-order valence-corrected chi connectivity index (χ4v) is 4.91. The van der Waals surface area contributed by atoms with Gasteiger partial charge in [0.25, 0.3) is 0 Å². The van der Waals surface area contributed by atoms with Gasteiger partial charge in [-0.1, -0.05) is 43.2 Å². The maximum absolute atomic E-state index is 5.09. The van der Waals surface area contributed by atoms with Crippen LogP contribution in [0.3, 0.4) is 0 Å². The van der Waals surface area contributed by atoms with Crippen LogP contribution in [-0.4, -0.2) is 29.7 Å². The minimum atomic E-state index is 0.580. The number of ether oxygens (including phenoxy) is 1. The van der Waals surface area contributed by atoms with Crippen molar-refractivity contribution < 1.29 is 4.74 Å². The van der Waals surface area contributed by atoms with Crippen molar-refractivity contribution in [1.82, 2.24) is 15.3 Å². The summed E-state index contributed by atoms with van der Waals surface area (Å²) in [4.78, 5) is 8.93. The third-order valence-corrected chi connectivity index (χ3v) is 6.20. The van der Waals surface area contributed by atoms with Crippen LogP contribution in [0.5, 0.6) is 0 Å². The number of hydrogen-bond donors (Lipinski definition) is 1. The third kappa shape index (κ3) is 3.67. The summed E-state index contributed by atoms with van der Waals surface area (Å²) in [5, 5.41) is 3.84. The molecule has 0 aliphatic heterocycles. The molecule has 1 N–H and O–H groups in total. The van der Waals surface area contributed by atoms with Crippen molar-refractivity contribution in [3.63, 3.8) is 0 Å². The highest BCUT2D eigenvalue weighted by atomic mass is 16.5. The molecule has 4 rings (SSSR count). The summed E-state index contributed by atoms with van der Waals surface area (Å²) in [5.74, 6) is 3.20. The molecule has 26 heavy (non-hydrogen) atoms. The summed E-state index contributed by atoms with van der Waals surface area (Å²) in [5.41, 5.74) is 2.66. The lowest BCUT2D eigenvalue weighted by Gasteiger charge is -2.55. The van der Waals surface area contributed by atoms with Gasteiger partial charge in [-0.2, -0.15) is 0 Å². The van der Waals surface area contributed by atoms with Crippen LogP contribution in [0.1, 0.15) is 48.6 Å². The van der Waals surface area contributed by atoms with E-state index in [9.17, 15) is 0 Å². The molecule has 138 valence electrons. The van der Waals surface area contributed by atoms with Crippen molar-refractivity contribution >= 4 is 0 Å². The Balaban J connectivity index is 1.41. The summed E-state index contributed by atoms with van der Waals surface area (Å²) >= 11 is 0. The van der Waals surface area contributed by atoms with E-state index in [2.05, 4.69) is 45.6 Å². The Hall–Kier alpha value is -1.78. The van der Waals surface area contributed by atoms with Crippen LogP contribution in [0.2, 0.25) is 0 Å². The monoisotopic (exact) mass is 351 g/mol. The van der Waals surface area contributed by atoms with Gasteiger partial charge in [-0.25, -0.2) is 9.97 Å². The Labute approximate surface area is 156 Å². The van der Waals surface area contributed by atoms with Gasteiger partial charge in [0.1, 0.15) is 5.82 Å². The predicted octanol–water partition coefficient (Wildman–Crippen LogP) is 3.73. The third-order valence-electron chi connectivity index (χ3n) is 6.20. The molecule has 2 aromatic rings. The van der Waals surface area contributed by atoms with Crippen LogP contribution in [0.4, 0.5) is 0 Å². The molecule has 4 nitrogen and oxygen atoms in total. The van der Waals surface area contributed by atoms with E-state index in [1.54, 1.807) is 7.11 Å². The summed E-state index contributed by atoms with van der Waals surface area (Å²) < 4.78 is 5.09. The molecule has 0 spiro atoms. The largest absolute Gasteiger partial charge is 0.384 e. The molecule has 4 atom stereocenters. The molecule has 4 heteroatoms. The summed E-state index contributed by atoms with van der Waals surface area (Å²) in [6, 6.07) is 11.7. The van der Waals surface area contributed by atoms with Crippen molar-refractivity contribution in [2.45, 2.75) is 50.6 Å². The number of nitrogens with zero attached hydrogens (tertiary/aromatic N) is 2. The normalized spacial score (nSPS) is 27.6. The lowest BCUT2D eigenvalue weighted by atomic mass is 9.53. The molecule has 2 aliphatic rings. The zero-order chi connectivity index (χ0) is 17.8. The Kier molecular flexibility index (Phi) is 5.61. The van der Waals surface area contributed by atoms with Gasteiger partial charge in [-0.3, -0.25) is 0 Å². The molecule has 0 bridgehead atoms. The van der Waals surface area contributed by atoms with Gasteiger partial charge in [0.05, 0.1) is 6.61 Å². The van der Waals surface area contributed by atoms with E-state index in [4.69, 9.17) is 4.74 Å². The predicted molar refractivity (Wildman–Crippen MR) is 103 cm³/mol. The summed E-state index contributed by atoms with van der Waals surface area (Å²) in [7, 11) is 1.71. The lowest BCUT2D eigenvalue weighted by molar-refractivity contribution is 0.0254. The highest BCUT2D eigenvalue weighted by molar-refractivity contribution is 5.28. The van der Waals surface area contributed by atoms with Crippen LogP contribution in [0.25, 0.3) is 0 Å². The SMILES string of the molecule is COCCc1ncc(CN[C@@H]2[C@@H]3CCCC[C@@H]3[C@H]2c2ccccc2)cn1. The standard InChI is InChI=1S/C22H29N3O/c1-26-12-11-20-23-13-16(14-24-20)15-25-22-19-10-6-5-9-18(19)21(22)17-7-3-2-4-8-17/h2-4,7-8,13-14,18-19,21-22,25H,5-6,9-12,15H2,1H3/t18-,19+,21+,22+/m0/s1. The molecule has 1 aromatic heterocycles. The average Bonchev–Trinajstić information content (AvgIpc) is 2.69. The molecule has 0 radical (unpaired) electrons. The van der Waals surface area contributed by atoms with Crippen LogP contribution in [0, 0.1) is 11.8 Å². The molecule has 1 aromatic carbocycles. The summed E-state index contributed by atoms with van der Waals surface area (Å²) in [6.45, 7) is 1.52. The smallest absolute Gasteiger partial charge is 0.130 e. The Bertz CT molecular complexity index is 688. The molecule has 0 saturated heterocycles. The Morgan fingerprint density at radius 3 is 2.50 bits per heavy atom. The van der Waals surface area contributed by atoms with E-state index in [0.717, 1.165) is 36.2 Å². The highest BCUT2D eigenvalue weighted by Crippen LogP contribution is 2.54.